The fourth-order valence-electron chi connectivity index (χ4n) is 1.92. The zero-order chi connectivity index (χ0) is 15.5. The van der Waals surface area contributed by atoms with E-state index in [1.807, 2.05) is 0 Å². The number of carboxylic acid groups (broad SMARTS) is 1. The largest absolute Gasteiger partial charge is 0.480 e. The van der Waals surface area contributed by atoms with Crippen molar-refractivity contribution in [3.05, 3.63) is 39.4 Å². The summed E-state index contributed by atoms with van der Waals surface area (Å²) in [4.78, 5) is 33.0. The maximum absolute atomic E-state index is 12.0. The van der Waals surface area contributed by atoms with E-state index in [0.29, 0.717) is 0 Å². The van der Waals surface area contributed by atoms with Crippen LogP contribution in [0, 0.1) is 10.1 Å². The van der Waals surface area contributed by atoms with Gasteiger partial charge in [-0.2, -0.15) is 0 Å². The molecule has 0 aliphatic carbocycles. The van der Waals surface area contributed by atoms with Gasteiger partial charge in [-0.25, -0.2) is 0 Å². The number of hydrogen-bond acceptors (Lipinski definition) is 4. The molecule has 0 saturated carbocycles. The van der Waals surface area contributed by atoms with Gasteiger partial charge in [0, 0.05) is 17.2 Å². The molecule has 1 aromatic rings. The van der Waals surface area contributed by atoms with Crippen molar-refractivity contribution >= 4 is 17.6 Å². The first-order valence-electron chi connectivity index (χ1n) is 5.92. The molecule has 1 amide bonds. The standard InChI is InChI=1S/C13H16N2O5/c1-13(2,3)11-8(12(18)14-7-10(16)17)5-4-6-9(11)15(19)20/h4-6H,7H2,1-3H3,(H,14,18)(H,16,17). The fraction of sp³-hybridized carbons (Fsp3) is 0.385. The van der Waals surface area contributed by atoms with Crippen LogP contribution < -0.4 is 5.32 Å². The lowest BCUT2D eigenvalue weighted by Crippen LogP contribution is -2.31. The number of rotatable bonds is 4. The first-order chi connectivity index (χ1) is 9.14. The predicted molar refractivity (Wildman–Crippen MR) is 71.8 cm³/mol. The summed E-state index contributed by atoms with van der Waals surface area (Å²) >= 11 is 0. The topological polar surface area (TPSA) is 110 Å². The zero-order valence-corrected chi connectivity index (χ0v) is 11.5. The molecule has 7 heteroatoms. The van der Waals surface area contributed by atoms with Crippen molar-refractivity contribution in [3.8, 4) is 0 Å². The molecule has 7 nitrogen and oxygen atoms in total. The Balaban J connectivity index is 3.32. The van der Waals surface area contributed by atoms with Crippen molar-refractivity contribution in [2.75, 3.05) is 6.54 Å². The van der Waals surface area contributed by atoms with Crippen molar-refractivity contribution in [2.24, 2.45) is 0 Å². The van der Waals surface area contributed by atoms with Gasteiger partial charge < -0.3 is 10.4 Å². The van der Waals surface area contributed by atoms with E-state index < -0.39 is 28.8 Å². The van der Waals surface area contributed by atoms with E-state index in [2.05, 4.69) is 5.32 Å². The van der Waals surface area contributed by atoms with Crippen molar-refractivity contribution in [1.82, 2.24) is 5.32 Å². The van der Waals surface area contributed by atoms with E-state index in [-0.39, 0.29) is 16.8 Å². The molecule has 1 aromatic carbocycles. The van der Waals surface area contributed by atoms with Gasteiger partial charge in [0.2, 0.25) is 0 Å². The van der Waals surface area contributed by atoms with Crippen LogP contribution in [0.5, 0.6) is 0 Å². The number of carbonyl (C=O) groups excluding carboxylic acids is 1. The number of benzene rings is 1. The molecular formula is C13H16N2O5. The minimum atomic E-state index is -1.18. The van der Waals surface area contributed by atoms with Crippen LogP contribution in [0.3, 0.4) is 0 Å². The summed E-state index contributed by atoms with van der Waals surface area (Å²) in [5, 5.41) is 21.9. The molecule has 0 heterocycles. The van der Waals surface area contributed by atoms with Crippen LogP contribution in [0.4, 0.5) is 5.69 Å². The van der Waals surface area contributed by atoms with Crippen molar-refractivity contribution in [3.63, 3.8) is 0 Å². The smallest absolute Gasteiger partial charge is 0.322 e. The van der Waals surface area contributed by atoms with E-state index in [0.717, 1.165) is 0 Å². The Kier molecular flexibility index (Phi) is 4.44. The molecule has 0 saturated heterocycles. The maximum atomic E-state index is 12.0. The molecule has 0 unspecified atom stereocenters. The fourth-order valence-corrected chi connectivity index (χ4v) is 1.92. The van der Waals surface area contributed by atoms with Gasteiger partial charge in [0.05, 0.1) is 4.92 Å². The number of aliphatic carboxylic acids is 1. The molecule has 2 N–H and O–H groups in total. The molecule has 20 heavy (non-hydrogen) atoms. The molecule has 0 radical (unpaired) electrons. The maximum Gasteiger partial charge on any atom is 0.322 e. The molecule has 0 aliphatic heterocycles. The van der Waals surface area contributed by atoms with E-state index in [9.17, 15) is 19.7 Å². The number of hydrogen-bond donors (Lipinski definition) is 2. The van der Waals surface area contributed by atoms with E-state index in [4.69, 9.17) is 5.11 Å². The van der Waals surface area contributed by atoms with Gasteiger partial charge in [0.25, 0.3) is 11.6 Å². The summed E-state index contributed by atoms with van der Waals surface area (Å²) in [5.41, 5.74) is -0.374. The summed E-state index contributed by atoms with van der Waals surface area (Å²) in [7, 11) is 0. The third-order valence-electron chi connectivity index (χ3n) is 2.63. The van der Waals surface area contributed by atoms with Gasteiger partial charge >= 0.3 is 5.97 Å². The molecule has 1 rings (SSSR count). The number of amides is 1. The molecule has 0 aromatic heterocycles. The Labute approximate surface area is 115 Å². The Bertz CT molecular complexity index is 560. The lowest BCUT2D eigenvalue weighted by molar-refractivity contribution is -0.386. The summed E-state index contributed by atoms with van der Waals surface area (Å²) in [6.07, 6.45) is 0. The summed E-state index contributed by atoms with van der Waals surface area (Å²) in [6, 6.07) is 4.18. The van der Waals surface area contributed by atoms with Crippen LogP contribution in [-0.4, -0.2) is 28.5 Å². The lowest BCUT2D eigenvalue weighted by Gasteiger charge is -2.22. The van der Waals surface area contributed by atoms with Gasteiger partial charge in [-0.15, -0.1) is 0 Å². The summed E-state index contributed by atoms with van der Waals surface area (Å²) in [5.74, 6) is -1.82. The second kappa shape index (κ2) is 5.68. The van der Waals surface area contributed by atoms with Crippen LogP contribution in [0.2, 0.25) is 0 Å². The number of carbonyl (C=O) groups is 2. The van der Waals surface area contributed by atoms with Gasteiger partial charge in [0.15, 0.2) is 0 Å². The van der Waals surface area contributed by atoms with E-state index >= 15 is 0 Å². The predicted octanol–water partition coefficient (Wildman–Crippen LogP) is 1.71. The normalized spacial score (nSPS) is 10.9. The first kappa shape index (κ1) is 15.6. The third-order valence-corrected chi connectivity index (χ3v) is 2.63. The SMILES string of the molecule is CC(C)(C)c1c(C(=O)NCC(=O)O)cccc1[N+](=O)[O-]. The second-order valence-corrected chi connectivity index (χ2v) is 5.28. The highest BCUT2D eigenvalue weighted by Gasteiger charge is 2.30. The number of nitro benzene ring substituents is 1. The highest BCUT2D eigenvalue weighted by Crippen LogP contribution is 2.34. The number of nitrogens with zero attached hydrogens (tertiary/aromatic N) is 1. The third kappa shape index (κ3) is 3.53. The molecular weight excluding hydrogens is 264 g/mol. The van der Waals surface area contributed by atoms with Gasteiger partial charge in [-0.1, -0.05) is 26.8 Å². The number of carboxylic acids is 1. The van der Waals surface area contributed by atoms with Crippen LogP contribution in [0.25, 0.3) is 0 Å². The van der Waals surface area contributed by atoms with Gasteiger partial charge in [0.1, 0.15) is 6.54 Å². The zero-order valence-electron chi connectivity index (χ0n) is 11.5. The summed E-state index contributed by atoms with van der Waals surface area (Å²) in [6.45, 7) is 4.72. The monoisotopic (exact) mass is 280 g/mol. The van der Waals surface area contributed by atoms with Crippen molar-refractivity contribution in [2.45, 2.75) is 26.2 Å². The number of nitro groups is 1. The minimum absolute atomic E-state index is 0.118. The first-order valence-corrected chi connectivity index (χ1v) is 5.92. The van der Waals surface area contributed by atoms with Crippen molar-refractivity contribution < 1.29 is 19.6 Å². The average Bonchev–Trinajstić information content (AvgIpc) is 2.33. The number of nitrogens with one attached hydrogen (secondary N) is 1. The summed E-state index contributed by atoms with van der Waals surface area (Å²) < 4.78 is 0. The Morgan fingerprint density at radius 1 is 1.35 bits per heavy atom. The van der Waals surface area contributed by atoms with Crippen LogP contribution in [-0.2, 0) is 10.2 Å². The molecule has 0 fully saturated rings. The molecule has 0 aliphatic rings. The molecule has 0 bridgehead atoms. The minimum Gasteiger partial charge on any atom is -0.480 e. The van der Waals surface area contributed by atoms with Crippen LogP contribution in [0.1, 0.15) is 36.7 Å². The van der Waals surface area contributed by atoms with E-state index in [1.165, 1.54) is 18.2 Å². The molecule has 108 valence electrons. The Morgan fingerprint density at radius 3 is 2.40 bits per heavy atom. The van der Waals surface area contributed by atoms with E-state index in [1.54, 1.807) is 20.8 Å². The highest BCUT2D eigenvalue weighted by molar-refractivity contribution is 5.98. The Morgan fingerprint density at radius 2 is 1.95 bits per heavy atom. The van der Waals surface area contributed by atoms with Crippen LogP contribution in [0.15, 0.2) is 18.2 Å². The average molecular weight is 280 g/mol. The second-order valence-electron chi connectivity index (χ2n) is 5.28. The van der Waals surface area contributed by atoms with Gasteiger partial charge in [-0.3, -0.25) is 19.7 Å². The quantitative estimate of drug-likeness (QED) is 0.644. The molecule has 0 spiro atoms. The van der Waals surface area contributed by atoms with Crippen LogP contribution >= 0.6 is 0 Å². The van der Waals surface area contributed by atoms with Crippen molar-refractivity contribution in [1.29, 1.82) is 0 Å². The lowest BCUT2D eigenvalue weighted by atomic mass is 9.82. The molecule has 0 atom stereocenters. The Hall–Kier alpha value is -2.44. The van der Waals surface area contributed by atoms with Gasteiger partial charge in [-0.05, 0) is 11.5 Å². The highest BCUT2D eigenvalue weighted by atomic mass is 16.6.